The lowest BCUT2D eigenvalue weighted by Gasteiger charge is -2.31. The van der Waals surface area contributed by atoms with Crippen molar-refractivity contribution in [2.24, 2.45) is 11.8 Å². The van der Waals surface area contributed by atoms with Crippen molar-refractivity contribution in [2.75, 3.05) is 6.61 Å². The molecule has 1 fully saturated rings. The van der Waals surface area contributed by atoms with E-state index in [0.717, 1.165) is 0 Å². The number of hydrogen-bond donors (Lipinski definition) is 2. The number of aliphatic hydroxyl groups excluding tert-OH is 2. The van der Waals surface area contributed by atoms with Crippen LogP contribution in [0.15, 0.2) is 35.5 Å². The molecule has 7 nitrogen and oxygen atoms in total. The van der Waals surface area contributed by atoms with E-state index < -0.39 is 42.1 Å². The summed E-state index contributed by atoms with van der Waals surface area (Å²) < 4.78 is 10.9. The van der Waals surface area contributed by atoms with Crippen molar-refractivity contribution < 1.29 is 34.1 Å². The second kappa shape index (κ2) is 9.10. The first-order valence-corrected chi connectivity index (χ1v) is 9.08. The molecule has 2 rings (SSSR count). The summed E-state index contributed by atoms with van der Waals surface area (Å²) in [6.45, 7) is 7.01. The number of allylic oxidation sites excluding steroid dienone is 1. The van der Waals surface area contributed by atoms with E-state index in [9.17, 15) is 24.6 Å². The van der Waals surface area contributed by atoms with Crippen molar-refractivity contribution in [1.29, 1.82) is 0 Å². The lowest BCUT2D eigenvalue weighted by molar-refractivity contribution is -0.162. The van der Waals surface area contributed by atoms with Gasteiger partial charge in [-0.3, -0.25) is 9.59 Å². The van der Waals surface area contributed by atoms with Gasteiger partial charge in [0.15, 0.2) is 0 Å². The highest BCUT2D eigenvalue weighted by molar-refractivity contribution is 5.91. The normalized spacial score (nSPS) is 33.6. The maximum Gasteiger partial charge on any atom is 0.334 e. The molecule has 1 saturated heterocycles. The molecule has 1 heterocycles. The first-order chi connectivity index (χ1) is 12.8. The van der Waals surface area contributed by atoms with Crippen LogP contribution in [-0.2, 0) is 23.9 Å². The number of esters is 2. The Bertz CT molecular complexity index is 676. The van der Waals surface area contributed by atoms with E-state index in [1.807, 2.05) is 6.92 Å². The minimum absolute atomic E-state index is 0.0559. The predicted molar refractivity (Wildman–Crippen MR) is 96.4 cm³/mol. The molecule has 5 atom stereocenters. The Kier molecular flexibility index (Phi) is 7.10. The van der Waals surface area contributed by atoms with Crippen LogP contribution >= 0.6 is 0 Å². The fraction of sp³-hybridized carbons (Fsp3) is 0.550. The Morgan fingerprint density at radius 1 is 1.52 bits per heavy atom. The van der Waals surface area contributed by atoms with Gasteiger partial charge in [-0.15, -0.1) is 0 Å². The molecule has 1 aliphatic carbocycles. The number of ether oxygens (including phenoxy) is 2. The molecule has 0 saturated carbocycles. The highest BCUT2D eigenvalue weighted by Crippen LogP contribution is 2.36. The van der Waals surface area contributed by atoms with Gasteiger partial charge in [0.25, 0.3) is 0 Å². The molecular formula is C20H26O7. The van der Waals surface area contributed by atoms with E-state index in [0.29, 0.717) is 31.1 Å². The van der Waals surface area contributed by atoms with Crippen LogP contribution in [0, 0.1) is 11.8 Å². The molecule has 0 unspecified atom stereocenters. The Hall–Kier alpha value is -2.25. The summed E-state index contributed by atoms with van der Waals surface area (Å²) in [4.78, 5) is 36.0. The average Bonchev–Trinajstić information content (AvgIpc) is 2.94. The zero-order valence-corrected chi connectivity index (χ0v) is 15.6. The van der Waals surface area contributed by atoms with Crippen LogP contribution in [0.2, 0.25) is 0 Å². The van der Waals surface area contributed by atoms with Gasteiger partial charge in [0.2, 0.25) is 0 Å². The van der Waals surface area contributed by atoms with Gasteiger partial charge in [0.1, 0.15) is 24.6 Å². The summed E-state index contributed by atoms with van der Waals surface area (Å²) in [5, 5.41) is 20.3. The summed E-state index contributed by atoms with van der Waals surface area (Å²) >= 11 is 0. The van der Waals surface area contributed by atoms with E-state index in [1.54, 1.807) is 19.1 Å². The average molecular weight is 378 g/mol. The van der Waals surface area contributed by atoms with E-state index in [1.165, 1.54) is 0 Å². The van der Waals surface area contributed by atoms with Crippen molar-refractivity contribution in [3.8, 4) is 0 Å². The van der Waals surface area contributed by atoms with Crippen LogP contribution in [0.1, 0.15) is 33.1 Å². The fourth-order valence-electron chi connectivity index (χ4n) is 3.18. The SMILES string of the molecule is C=C1C(=O)O[C@@H]2/C=C(\CO)CC/C=C(\C=O)[C@H](O)[C@H](OC(=O)[C@H](C)CC)[C@H]12. The number of aliphatic hydroxyl groups is 2. The quantitative estimate of drug-likeness (QED) is 0.320. The van der Waals surface area contributed by atoms with Gasteiger partial charge in [-0.25, -0.2) is 4.79 Å². The molecule has 0 spiro atoms. The molecule has 0 aromatic rings. The highest BCUT2D eigenvalue weighted by Gasteiger charge is 2.48. The van der Waals surface area contributed by atoms with E-state index >= 15 is 0 Å². The summed E-state index contributed by atoms with van der Waals surface area (Å²) in [5.41, 5.74) is 0.736. The Balaban J connectivity index is 2.50. The fourth-order valence-corrected chi connectivity index (χ4v) is 3.18. The smallest absolute Gasteiger partial charge is 0.334 e. The van der Waals surface area contributed by atoms with Gasteiger partial charge in [0.05, 0.1) is 18.4 Å². The number of rotatable bonds is 5. The van der Waals surface area contributed by atoms with E-state index in [4.69, 9.17) is 9.47 Å². The molecule has 148 valence electrons. The lowest BCUT2D eigenvalue weighted by atomic mass is 9.83. The standard InChI is InChI=1S/C20H26O7/c1-4-11(2)19(24)27-18-16-12(3)20(25)26-15(16)8-13(9-21)6-5-7-14(10-22)17(18)23/h7-8,10-11,15-18,21,23H,3-6,9H2,1-2H3/b13-8-,14-7+/t11-,15-,16-,17+,18-/m1/s1. The van der Waals surface area contributed by atoms with Crippen LogP contribution < -0.4 is 0 Å². The molecule has 0 amide bonds. The minimum Gasteiger partial charge on any atom is -0.458 e. The molecular weight excluding hydrogens is 352 g/mol. The molecule has 0 aromatic carbocycles. The number of aldehydes is 1. The third-order valence-electron chi connectivity index (χ3n) is 5.12. The molecule has 1 aliphatic heterocycles. The van der Waals surface area contributed by atoms with Gasteiger partial charge >= 0.3 is 11.9 Å². The highest BCUT2D eigenvalue weighted by atomic mass is 16.6. The van der Waals surface area contributed by atoms with E-state index in [2.05, 4.69) is 6.58 Å². The number of hydrogen-bond acceptors (Lipinski definition) is 7. The Morgan fingerprint density at radius 3 is 2.81 bits per heavy atom. The monoisotopic (exact) mass is 378 g/mol. The Morgan fingerprint density at radius 2 is 2.22 bits per heavy atom. The maximum absolute atomic E-state index is 12.4. The molecule has 2 N–H and O–H groups in total. The van der Waals surface area contributed by atoms with Crippen molar-refractivity contribution in [3.63, 3.8) is 0 Å². The molecule has 2 aliphatic rings. The molecule has 7 heteroatoms. The van der Waals surface area contributed by atoms with Crippen LogP contribution in [0.5, 0.6) is 0 Å². The number of fused-ring (bicyclic) bond motifs is 1. The summed E-state index contributed by atoms with van der Waals surface area (Å²) in [6, 6.07) is 0. The van der Waals surface area contributed by atoms with Gasteiger partial charge < -0.3 is 19.7 Å². The van der Waals surface area contributed by atoms with Crippen molar-refractivity contribution in [2.45, 2.75) is 51.4 Å². The topological polar surface area (TPSA) is 110 Å². The van der Waals surface area contributed by atoms with Gasteiger partial charge in [-0.1, -0.05) is 26.5 Å². The second-order valence-corrected chi connectivity index (χ2v) is 6.92. The van der Waals surface area contributed by atoms with Gasteiger partial charge in [0, 0.05) is 11.1 Å². The lowest BCUT2D eigenvalue weighted by Crippen LogP contribution is -2.43. The largest absolute Gasteiger partial charge is 0.458 e. The molecule has 0 bridgehead atoms. The van der Waals surface area contributed by atoms with Crippen LogP contribution in [-0.4, -0.2) is 53.4 Å². The van der Waals surface area contributed by atoms with Crippen LogP contribution in [0.4, 0.5) is 0 Å². The first-order valence-electron chi connectivity index (χ1n) is 9.08. The van der Waals surface area contributed by atoms with Crippen molar-refractivity contribution in [1.82, 2.24) is 0 Å². The first kappa shape index (κ1) is 21.1. The maximum atomic E-state index is 12.4. The number of carbonyl (C=O) groups is 3. The van der Waals surface area contributed by atoms with Crippen LogP contribution in [0.25, 0.3) is 0 Å². The van der Waals surface area contributed by atoms with Crippen molar-refractivity contribution >= 4 is 18.2 Å². The second-order valence-electron chi connectivity index (χ2n) is 6.92. The summed E-state index contributed by atoms with van der Waals surface area (Å²) in [7, 11) is 0. The zero-order valence-electron chi connectivity index (χ0n) is 15.6. The van der Waals surface area contributed by atoms with Crippen molar-refractivity contribution in [3.05, 3.63) is 35.5 Å². The molecule has 0 aromatic heterocycles. The molecule has 0 radical (unpaired) electrons. The number of carbonyl (C=O) groups excluding carboxylic acids is 3. The van der Waals surface area contributed by atoms with E-state index in [-0.39, 0.29) is 17.8 Å². The van der Waals surface area contributed by atoms with Gasteiger partial charge in [-0.2, -0.15) is 0 Å². The zero-order chi connectivity index (χ0) is 20.1. The third-order valence-corrected chi connectivity index (χ3v) is 5.12. The van der Waals surface area contributed by atoms with Gasteiger partial charge in [-0.05, 0) is 30.9 Å². The van der Waals surface area contributed by atoms with Crippen LogP contribution in [0.3, 0.4) is 0 Å². The predicted octanol–water partition coefficient (Wildman–Crippen LogP) is 1.24. The third kappa shape index (κ3) is 4.54. The minimum atomic E-state index is -1.42. The molecule has 27 heavy (non-hydrogen) atoms. The Labute approximate surface area is 158 Å². The summed E-state index contributed by atoms with van der Waals surface area (Å²) in [6.07, 6.45) is 1.57. The summed E-state index contributed by atoms with van der Waals surface area (Å²) in [5.74, 6) is -2.47.